The van der Waals surface area contributed by atoms with Gasteiger partial charge in [-0.05, 0) is 50.3 Å². The molecule has 0 aliphatic heterocycles. The molecule has 1 saturated carbocycles. The molecule has 6 heteroatoms. The molecule has 0 radical (unpaired) electrons. The van der Waals surface area contributed by atoms with E-state index in [0.717, 1.165) is 30.1 Å². The van der Waals surface area contributed by atoms with E-state index in [9.17, 15) is 9.90 Å². The first-order chi connectivity index (χ1) is 11.5. The molecule has 2 N–H and O–H groups in total. The molecule has 0 saturated heterocycles. The molecule has 1 heterocycles. The summed E-state index contributed by atoms with van der Waals surface area (Å²) in [6.07, 6.45) is 6.25. The van der Waals surface area contributed by atoms with Crippen LogP contribution in [0.25, 0.3) is 5.69 Å². The first-order valence-corrected chi connectivity index (χ1v) is 9.19. The third-order valence-corrected chi connectivity index (χ3v) is 5.64. The summed E-state index contributed by atoms with van der Waals surface area (Å²) in [7, 11) is 0. The Balaban J connectivity index is 1.61. The molecule has 0 spiro atoms. The van der Waals surface area contributed by atoms with E-state index >= 15 is 0 Å². The zero-order chi connectivity index (χ0) is 17.2. The summed E-state index contributed by atoms with van der Waals surface area (Å²) in [5.41, 5.74) is 2.83. The highest BCUT2D eigenvalue weighted by atomic mass is 32.2. The van der Waals surface area contributed by atoms with Gasteiger partial charge in [0, 0.05) is 18.9 Å². The molecule has 0 bridgehead atoms. The number of aryl methyl sites for hydroxylation is 1. The molecule has 1 aliphatic rings. The van der Waals surface area contributed by atoms with Crippen LogP contribution in [0.5, 0.6) is 0 Å². The SMILES string of the molecule is Cc1cccc(-n2ccnc2SCC(=O)NCC2(O)CCC2)c1C. The van der Waals surface area contributed by atoms with Crippen molar-refractivity contribution in [2.75, 3.05) is 12.3 Å². The first-order valence-electron chi connectivity index (χ1n) is 8.20. The molecule has 1 aliphatic carbocycles. The van der Waals surface area contributed by atoms with Crippen LogP contribution in [-0.4, -0.2) is 38.5 Å². The number of benzene rings is 1. The largest absolute Gasteiger partial charge is 0.388 e. The molecule has 2 aromatic rings. The van der Waals surface area contributed by atoms with E-state index in [4.69, 9.17) is 0 Å². The second-order valence-electron chi connectivity index (χ2n) is 6.44. The van der Waals surface area contributed by atoms with Gasteiger partial charge in [-0.2, -0.15) is 0 Å². The van der Waals surface area contributed by atoms with Crippen LogP contribution in [0.1, 0.15) is 30.4 Å². The van der Waals surface area contributed by atoms with Crippen molar-refractivity contribution in [1.29, 1.82) is 0 Å². The van der Waals surface area contributed by atoms with Crippen LogP contribution in [0.4, 0.5) is 0 Å². The number of thioether (sulfide) groups is 1. The van der Waals surface area contributed by atoms with Crippen LogP contribution in [-0.2, 0) is 4.79 Å². The van der Waals surface area contributed by atoms with E-state index in [1.807, 2.05) is 16.8 Å². The van der Waals surface area contributed by atoms with Gasteiger partial charge in [0.1, 0.15) is 0 Å². The second-order valence-corrected chi connectivity index (χ2v) is 7.38. The maximum atomic E-state index is 12.0. The van der Waals surface area contributed by atoms with Gasteiger partial charge >= 0.3 is 0 Å². The topological polar surface area (TPSA) is 67.2 Å². The van der Waals surface area contributed by atoms with Gasteiger partial charge in [0.05, 0.1) is 17.0 Å². The summed E-state index contributed by atoms with van der Waals surface area (Å²) < 4.78 is 2.01. The molecular weight excluding hydrogens is 322 g/mol. The normalized spacial score (nSPS) is 15.8. The van der Waals surface area contributed by atoms with Crippen molar-refractivity contribution in [2.45, 2.75) is 43.9 Å². The van der Waals surface area contributed by atoms with Crippen molar-refractivity contribution in [2.24, 2.45) is 0 Å². The zero-order valence-corrected chi connectivity index (χ0v) is 14.9. The highest BCUT2D eigenvalue weighted by Crippen LogP contribution is 2.30. The first kappa shape index (κ1) is 17.0. The highest BCUT2D eigenvalue weighted by Gasteiger charge is 2.34. The Bertz CT molecular complexity index is 738. The van der Waals surface area contributed by atoms with E-state index in [0.29, 0.717) is 6.54 Å². The number of carbonyl (C=O) groups excluding carboxylic acids is 1. The third kappa shape index (κ3) is 3.65. The Morgan fingerprint density at radius 2 is 2.21 bits per heavy atom. The Hall–Kier alpha value is -1.79. The third-order valence-electron chi connectivity index (χ3n) is 4.67. The molecule has 1 aromatic heterocycles. The summed E-state index contributed by atoms with van der Waals surface area (Å²) in [5, 5.41) is 13.6. The van der Waals surface area contributed by atoms with E-state index in [1.54, 1.807) is 6.20 Å². The number of nitrogens with one attached hydrogen (secondary N) is 1. The van der Waals surface area contributed by atoms with Gasteiger partial charge in [-0.1, -0.05) is 23.9 Å². The fourth-order valence-electron chi connectivity index (χ4n) is 2.78. The molecule has 1 fully saturated rings. The number of hydrogen-bond acceptors (Lipinski definition) is 4. The molecule has 3 rings (SSSR count). The number of aromatic nitrogens is 2. The number of rotatable bonds is 6. The van der Waals surface area contributed by atoms with Crippen LogP contribution in [0, 0.1) is 13.8 Å². The van der Waals surface area contributed by atoms with Gasteiger partial charge in [-0.25, -0.2) is 4.98 Å². The fraction of sp³-hybridized carbons (Fsp3) is 0.444. The number of aliphatic hydroxyl groups is 1. The zero-order valence-electron chi connectivity index (χ0n) is 14.1. The van der Waals surface area contributed by atoms with E-state index in [-0.39, 0.29) is 11.7 Å². The number of carbonyl (C=O) groups is 1. The van der Waals surface area contributed by atoms with E-state index < -0.39 is 5.60 Å². The Morgan fingerprint density at radius 1 is 1.42 bits per heavy atom. The molecule has 0 atom stereocenters. The van der Waals surface area contributed by atoms with Gasteiger partial charge in [-0.15, -0.1) is 0 Å². The smallest absolute Gasteiger partial charge is 0.230 e. The predicted octanol–water partition coefficient (Wildman–Crippen LogP) is 2.61. The van der Waals surface area contributed by atoms with Crippen LogP contribution in [0.3, 0.4) is 0 Å². The average molecular weight is 345 g/mol. The minimum Gasteiger partial charge on any atom is -0.388 e. The lowest BCUT2D eigenvalue weighted by Crippen LogP contribution is -2.48. The van der Waals surface area contributed by atoms with Crippen molar-refractivity contribution >= 4 is 17.7 Å². The summed E-state index contributed by atoms with van der Waals surface area (Å²) >= 11 is 1.41. The molecule has 24 heavy (non-hydrogen) atoms. The number of nitrogens with zero attached hydrogens (tertiary/aromatic N) is 2. The van der Waals surface area contributed by atoms with Crippen molar-refractivity contribution in [3.05, 3.63) is 41.7 Å². The highest BCUT2D eigenvalue weighted by molar-refractivity contribution is 7.99. The summed E-state index contributed by atoms with van der Waals surface area (Å²) in [4.78, 5) is 16.4. The lowest BCUT2D eigenvalue weighted by Gasteiger charge is -2.36. The predicted molar refractivity (Wildman–Crippen MR) is 95.6 cm³/mol. The number of imidazole rings is 1. The van der Waals surface area contributed by atoms with Gasteiger partial charge in [0.2, 0.25) is 5.91 Å². The standard InChI is InChI=1S/C18H23N3O2S/c1-13-5-3-6-15(14(13)2)21-10-9-19-17(21)24-11-16(22)20-12-18(23)7-4-8-18/h3,5-6,9-10,23H,4,7-8,11-12H2,1-2H3,(H,20,22). The second kappa shape index (κ2) is 6.99. The lowest BCUT2D eigenvalue weighted by atomic mass is 9.80. The molecule has 1 aromatic carbocycles. The summed E-state index contributed by atoms with van der Waals surface area (Å²) in [6, 6.07) is 6.17. The van der Waals surface area contributed by atoms with Crippen molar-refractivity contribution in [3.63, 3.8) is 0 Å². The molecular formula is C18H23N3O2S. The monoisotopic (exact) mass is 345 g/mol. The van der Waals surface area contributed by atoms with Gasteiger partial charge in [0.15, 0.2) is 5.16 Å². The lowest BCUT2D eigenvalue weighted by molar-refractivity contribution is -0.121. The van der Waals surface area contributed by atoms with Crippen molar-refractivity contribution in [1.82, 2.24) is 14.9 Å². The van der Waals surface area contributed by atoms with Gasteiger partial charge in [-0.3, -0.25) is 9.36 Å². The quantitative estimate of drug-likeness (QED) is 0.790. The Morgan fingerprint density at radius 3 is 2.92 bits per heavy atom. The van der Waals surface area contributed by atoms with Gasteiger partial charge in [0.25, 0.3) is 0 Å². The maximum absolute atomic E-state index is 12.0. The Kier molecular flexibility index (Phi) is 4.96. The number of hydrogen-bond donors (Lipinski definition) is 2. The number of amides is 1. The summed E-state index contributed by atoms with van der Waals surface area (Å²) in [6.45, 7) is 4.52. The van der Waals surface area contributed by atoms with Gasteiger partial charge < -0.3 is 10.4 Å². The molecule has 128 valence electrons. The van der Waals surface area contributed by atoms with Crippen LogP contribution >= 0.6 is 11.8 Å². The van der Waals surface area contributed by atoms with Crippen molar-refractivity contribution in [3.8, 4) is 5.69 Å². The van der Waals surface area contributed by atoms with Crippen LogP contribution < -0.4 is 5.32 Å². The fourth-order valence-corrected chi connectivity index (χ4v) is 3.58. The van der Waals surface area contributed by atoms with E-state index in [1.165, 1.54) is 22.9 Å². The molecule has 5 nitrogen and oxygen atoms in total. The minimum absolute atomic E-state index is 0.0733. The molecule has 1 amide bonds. The van der Waals surface area contributed by atoms with Crippen LogP contribution in [0.2, 0.25) is 0 Å². The Labute approximate surface area is 146 Å². The van der Waals surface area contributed by atoms with Crippen LogP contribution in [0.15, 0.2) is 35.7 Å². The van der Waals surface area contributed by atoms with Crippen molar-refractivity contribution < 1.29 is 9.90 Å². The molecule has 0 unspecified atom stereocenters. The van der Waals surface area contributed by atoms with E-state index in [2.05, 4.69) is 36.3 Å². The average Bonchev–Trinajstić information content (AvgIpc) is 3.00. The minimum atomic E-state index is -0.683. The summed E-state index contributed by atoms with van der Waals surface area (Å²) in [5.74, 6) is 0.216. The maximum Gasteiger partial charge on any atom is 0.230 e.